The van der Waals surface area contributed by atoms with Crippen LogP contribution in [-0.4, -0.2) is 29.1 Å². The highest BCUT2D eigenvalue weighted by Gasteiger charge is 2.27. The van der Waals surface area contributed by atoms with Crippen molar-refractivity contribution in [2.45, 2.75) is 38.8 Å². The summed E-state index contributed by atoms with van der Waals surface area (Å²) in [6.45, 7) is 5.52. The first-order chi connectivity index (χ1) is 8.33. The van der Waals surface area contributed by atoms with Crippen molar-refractivity contribution in [3.63, 3.8) is 0 Å². The highest BCUT2D eigenvalue weighted by Crippen LogP contribution is 2.36. The van der Waals surface area contributed by atoms with Gasteiger partial charge in [-0.25, -0.2) is 4.98 Å². The van der Waals surface area contributed by atoms with Gasteiger partial charge < -0.3 is 15.6 Å². The highest BCUT2D eigenvalue weighted by molar-refractivity contribution is 5.15. The fourth-order valence-corrected chi connectivity index (χ4v) is 2.69. The number of nitrogens with one attached hydrogen (secondary N) is 3. The Morgan fingerprint density at radius 3 is 3.24 bits per heavy atom. The second-order valence-electron chi connectivity index (χ2n) is 5.58. The fraction of sp³-hybridized carbons (Fsp3) is 0.769. The number of aromatic nitrogens is 2. The summed E-state index contributed by atoms with van der Waals surface area (Å²) in [7, 11) is 0. The zero-order chi connectivity index (χ0) is 11.7. The Morgan fingerprint density at radius 1 is 1.53 bits per heavy atom. The van der Waals surface area contributed by atoms with E-state index >= 15 is 0 Å². The van der Waals surface area contributed by atoms with Gasteiger partial charge in [0.25, 0.3) is 0 Å². The summed E-state index contributed by atoms with van der Waals surface area (Å²) < 4.78 is 0. The molecule has 1 fully saturated rings. The largest absolute Gasteiger partial charge is 0.347 e. The monoisotopic (exact) mass is 234 g/mol. The van der Waals surface area contributed by atoms with Crippen molar-refractivity contribution in [1.29, 1.82) is 0 Å². The van der Waals surface area contributed by atoms with E-state index in [0.29, 0.717) is 6.04 Å². The van der Waals surface area contributed by atoms with Gasteiger partial charge in [-0.1, -0.05) is 6.92 Å². The SMILES string of the molecule is CC(CNCC1Cc2nc[nH]c2CN1)C1CC1. The molecule has 0 bridgehead atoms. The standard InChI is InChI=1S/C13H22N4/c1-9(10-2-3-10)5-14-6-11-4-12-13(7-15-11)17-8-16-12/h8-11,14-15H,2-7H2,1H3,(H,16,17). The third-order valence-corrected chi connectivity index (χ3v) is 4.10. The van der Waals surface area contributed by atoms with E-state index in [9.17, 15) is 0 Å². The van der Waals surface area contributed by atoms with Crippen LogP contribution in [0.25, 0.3) is 0 Å². The van der Waals surface area contributed by atoms with Crippen LogP contribution < -0.4 is 10.6 Å². The summed E-state index contributed by atoms with van der Waals surface area (Å²) in [4.78, 5) is 7.55. The van der Waals surface area contributed by atoms with E-state index < -0.39 is 0 Å². The number of H-pyrrole nitrogens is 1. The van der Waals surface area contributed by atoms with Gasteiger partial charge in [-0.05, 0) is 31.2 Å². The zero-order valence-electron chi connectivity index (χ0n) is 10.5. The molecule has 4 heteroatoms. The summed E-state index contributed by atoms with van der Waals surface area (Å²) in [5.74, 6) is 1.85. The first-order valence-corrected chi connectivity index (χ1v) is 6.78. The molecular formula is C13H22N4. The van der Waals surface area contributed by atoms with E-state index in [1.165, 1.54) is 24.2 Å². The Morgan fingerprint density at radius 2 is 2.41 bits per heavy atom. The quantitative estimate of drug-likeness (QED) is 0.714. The summed E-state index contributed by atoms with van der Waals surface area (Å²) in [6, 6.07) is 0.539. The van der Waals surface area contributed by atoms with Gasteiger partial charge in [-0.3, -0.25) is 0 Å². The molecule has 94 valence electrons. The molecule has 0 amide bonds. The van der Waals surface area contributed by atoms with Crippen LogP contribution in [0.3, 0.4) is 0 Å². The number of hydrogen-bond donors (Lipinski definition) is 3. The minimum Gasteiger partial charge on any atom is -0.347 e. The molecule has 4 nitrogen and oxygen atoms in total. The number of nitrogens with zero attached hydrogens (tertiary/aromatic N) is 1. The van der Waals surface area contributed by atoms with Crippen LogP contribution in [0, 0.1) is 11.8 Å². The molecule has 0 aromatic carbocycles. The molecule has 2 heterocycles. The Bertz CT molecular complexity index is 369. The number of rotatable bonds is 5. The third kappa shape index (κ3) is 2.69. The average Bonchev–Trinajstić information content (AvgIpc) is 3.08. The van der Waals surface area contributed by atoms with Gasteiger partial charge in [0.2, 0.25) is 0 Å². The molecule has 2 aliphatic rings. The lowest BCUT2D eigenvalue weighted by molar-refractivity contribution is 0.404. The third-order valence-electron chi connectivity index (χ3n) is 4.10. The molecule has 0 radical (unpaired) electrons. The first kappa shape index (κ1) is 11.2. The molecule has 0 saturated heterocycles. The normalized spacial score (nSPS) is 25.6. The van der Waals surface area contributed by atoms with Gasteiger partial charge in [-0.2, -0.15) is 0 Å². The molecule has 3 N–H and O–H groups in total. The second kappa shape index (κ2) is 4.78. The van der Waals surface area contributed by atoms with E-state index in [-0.39, 0.29) is 0 Å². The molecule has 1 aliphatic carbocycles. The molecule has 1 saturated carbocycles. The number of imidazole rings is 1. The van der Waals surface area contributed by atoms with Crippen LogP contribution in [0.1, 0.15) is 31.2 Å². The summed E-state index contributed by atoms with van der Waals surface area (Å²) in [5.41, 5.74) is 2.50. The maximum absolute atomic E-state index is 4.37. The van der Waals surface area contributed by atoms with Gasteiger partial charge in [0.15, 0.2) is 0 Å². The highest BCUT2D eigenvalue weighted by atomic mass is 15.0. The molecule has 17 heavy (non-hydrogen) atoms. The lowest BCUT2D eigenvalue weighted by Crippen LogP contribution is -2.44. The van der Waals surface area contributed by atoms with Crippen LogP contribution >= 0.6 is 0 Å². The second-order valence-corrected chi connectivity index (χ2v) is 5.58. The van der Waals surface area contributed by atoms with E-state index in [1.807, 2.05) is 0 Å². The van der Waals surface area contributed by atoms with Crippen molar-refractivity contribution < 1.29 is 0 Å². The van der Waals surface area contributed by atoms with Crippen molar-refractivity contribution >= 4 is 0 Å². The van der Waals surface area contributed by atoms with E-state index in [2.05, 4.69) is 27.5 Å². The van der Waals surface area contributed by atoms with E-state index in [1.54, 1.807) is 6.33 Å². The fourth-order valence-electron chi connectivity index (χ4n) is 2.69. The Hall–Kier alpha value is -0.870. The van der Waals surface area contributed by atoms with Gasteiger partial charge in [-0.15, -0.1) is 0 Å². The summed E-state index contributed by atoms with van der Waals surface area (Å²) in [6.07, 6.45) is 5.74. The maximum atomic E-state index is 4.37. The van der Waals surface area contributed by atoms with Gasteiger partial charge in [0.05, 0.1) is 17.7 Å². The van der Waals surface area contributed by atoms with Crippen LogP contribution in [0.4, 0.5) is 0 Å². The molecule has 0 spiro atoms. The summed E-state index contributed by atoms with van der Waals surface area (Å²) in [5, 5.41) is 7.14. The number of fused-ring (bicyclic) bond motifs is 1. The average molecular weight is 234 g/mol. The van der Waals surface area contributed by atoms with Crippen LogP contribution in [0.5, 0.6) is 0 Å². The molecule has 3 rings (SSSR count). The topological polar surface area (TPSA) is 52.7 Å². The minimum atomic E-state index is 0.539. The van der Waals surface area contributed by atoms with Gasteiger partial charge >= 0.3 is 0 Å². The molecule has 1 aromatic rings. The predicted octanol–water partition coefficient (Wildman–Crippen LogP) is 1.06. The molecule has 2 unspecified atom stereocenters. The van der Waals surface area contributed by atoms with Crippen molar-refractivity contribution in [1.82, 2.24) is 20.6 Å². The molecule has 2 atom stereocenters. The van der Waals surface area contributed by atoms with Crippen molar-refractivity contribution in [2.75, 3.05) is 13.1 Å². The molecule has 1 aromatic heterocycles. The molecular weight excluding hydrogens is 212 g/mol. The molecule has 1 aliphatic heterocycles. The van der Waals surface area contributed by atoms with E-state index in [0.717, 1.165) is 37.9 Å². The smallest absolute Gasteiger partial charge is 0.0925 e. The van der Waals surface area contributed by atoms with E-state index in [4.69, 9.17) is 0 Å². The lowest BCUT2D eigenvalue weighted by atomic mass is 10.0. The Balaban J connectivity index is 1.41. The minimum absolute atomic E-state index is 0.539. The summed E-state index contributed by atoms with van der Waals surface area (Å²) >= 11 is 0. The predicted molar refractivity (Wildman–Crippen MR) is 67.7 cm³/mol. The Kier molecular flexibility index (Phi) is 3.16. The van der Waals surface area contributed by atoms with Crippen LogP contribution in [0.2, 0.25) is 0 Å². The van der Waals surface area contributed by atoms with Crippen molar-refractivity contribution in [3.8, 4) is 0 Å². The Labute approximate surface area is 103 Å². The zero-order valence-corrected chi connectivity index (χ0v) is 10.5. The van der Waals surface area contributed by atoms with Crippen LogP contribution in [-0.2, 0) is 13.0 Å². The van der Waals surface area contributed by atoms with Crippen molar-refractivity contribution in [3.05, 3.63) is 17.7 Å². The van der Waals surface area contributed by atoms with Crippen molar-refractivity contribution in [2.24, 2.45) is 11.8 Å². The maximum Gasteiger partial charge on any atom is 0.0925 e. The number of hydrogen-bond acceptors (Lipinski definition) is 3. The van der Waals surface area contributed by atoms with Crippen LogP contribution in [0.15, 0.2) is 6.33 Å². The first-order valence-electron chi connectivity index (χ1n) is 6.78. The number of aromatic amines is 1. The van der Waals surface area contributed by atoms with Gasteiger partial charge in [0.1, 0.15) is 0 Å². The lowest BCUT2D eigenvalue weighted by Gasteiger charge is -2.24. The van der Waals surface area contributed by atoms with Gasteiger partial charge in [0, 0.05) is 25.6 Å².